The third-order valence-electron chi connectivity index (χ3n) is 2.91. The van der Waals surface area contributed by atoms with Crippen molar-refractivity contribution in [1.82, 2.24) is 5.32 Å². The van der Waals surface area contributed by atoms with Gasteiger partial charge in [-0.25, -0.2) is 4.39 Å². The summed E-state index contributed by atoms with van der Waals surface area (Å²) < 4.78 is 12.8. The second-order valence-electron chi connectivity index (χ2n) is 4.39. The van der Waals surface area contributed by atoms with Gasteiger partial charge in [0.15, 0.2) is 0 Å². The summed E-state index contributed by atoms with van der Waals surface area (Å²) in [6.07, 6.45) is 0. The molecule has 20 heavy (non-hydrogen) atoms. The Morgan fingerprint density at radius 1 is 1.25 bits per heavy atom. The summed E-state index contributed by atoms with van der Waals surface area (Å²) in [5.41, 5.74) is 6.87. The summed E-state index contributed by atoms with van der Waals surface area (Å²) in [7, 11) is 0. The van der Waals surface area contributed by atoms with Gasteiger partial charge in [-0.05, 0) is 17.7 Å². The topological polar surface area (TPSA) is 75.3 Å². The highest BCUT2D eigenvalue weighted by Gasteiger charge is 2.13. The number of hydrogen-bond donors (Lipinski definition) is 3. The zero-order valence-corrected chi connectivity index (χ0v) is 10.7. The predicted octanol–water partition coefficient (Wildman–Crippen LogP) is 1.96. The quantitative estimate of drug-likeness (QED) is 0.797. The molecule has 5 heteroatoms. The molecule has 4 N–H and O–H groups in total. The Hall–Kier alpha value is -2.40. The van der Waals surface area contributed by atoms with Crippen LogP contribution in [0.1, 0.15) is 22.0 Å². The van der Waals surface area contributed by atoms with Crippen LogP contribution in [0.25, 0.3) is 0 Å². The van der Waals surface area contributed by atoms with Crippen molar-refractivity contribution < 1.29 is 14.3 Å². The van der Waals surface area contributed by atoms with Gasteiger partial charge in [-0.15, -0.1) is 0 Å². The van der Waals surface area contributed by atoms with Crippen LogP contribution in [-0.4, -0.2) is 17.6 Å². The van der Waals surface area contributed by atoms with Crippen molar-refractivity contribution in [3.63, 3.8) is 0 Å². The smallest absolute Gasteiger partial charge is 0.255 e. The molecule has 0 aliphatic carbocycles. The number of hydrogen-bond acceptors (Lipinski definition) is 3. The number of halogens is 1. The van der Waals surface area contributed by atoms with Crippen LogP contribution in [0, 0.1) is 5.82 Å². The molecule has 1 amide bonds. The Balaban J connectivity index is 1.99. The number of phenolic OH excluding ortho intramolecular Hbond substituents is 1. The molecule has 0 fully saturated rings. The Morgan fingerprint density at radius 2 is 1.95 bits per heavy atom. The summed E-state index contributed by atoms with van der Waals surface area (Å²) in [5, 5.41) is 12.1. The average molecular weight is 274 g/mol. The van der Waals surface area contributed by atoms with E-state index in [-0.39, 0.29) is 18.2 Å². The van der Waals surface area contributed by atoms with Crippen LogP contribution in [-0.2, 0) is 0 Å². The summed E-state index contributed by atoms with van der Waals surface area (Å²) in [4.78, 5) is 11.9. The fourth-order valence-electron chi connectivity index (χ4n) is 1.81. The first-order chi connectivity index (χ1) is 9.58. The first kappa shape index (κ1) is 14.0. The predicted molar refractivity (Wildman–Crippen MR) is 73.8 cm³/mol. The number of nitrogens with two attached hydrogens (primary N) is 1. The molecular formula is C15H15FN2O2. The molecule has 0 heterocycles. The van der Waals surface area contributed by atoms with Gasteiger partial charge < -0.3 is 16.2 Å². The van der Waals surface area contributed by atoms with Gasteiger partial charge in [-0.2, -0.15) is 0 Å². The molecule has 0 saturated carbocycles. The van der Waals surface area contributed by atoms with Crippen LogP contribution < -0.4 is 11.1 Å². The molecule has 0 aliphatic rings. The molecule has 1 atom stereocenters. The number of amides is 1. The van der Waals surface area contributed by atoms with Crippen LogP contribution in [0.4, 0.5) is 4.39 Å². The molecule has 0 spiro atoms. The minimum atomic E-state index is -0.597. The third-order valence-corrected chi connectivity index (χ3v) is 2.91. The Kier molecular flexibility index (Phi) is 4.32. The SMILES string of the molecule is NC(CNC(=O)c1ccc(F)cc1O)c1ccccc1. The van der Waals surface area contributed by atoms with Crippen molar-refractivity contribution in [2.75, 3.05) is 6.54 Å². The highest BCUT2D eigenvalue weighted by atomic mass is 19.1. The molecule has 0 aromatic heterocycles. The monoisotopic (exact) mass is 274 g/mol. The van der Waals surface area contributed by atoms with Crippen LogP contribution >= 0.6 is 0 Å². The first-order valence-corrected chi connectivity index (χ1v) is 6.15. The number of phenols is 1. The lowest BCUT2D eigenvalue weighted by Crippen LogP contribution is -2.31. The van der Waals surface area contributed by atoms with Gasteiger partial charge in [0, 0.05) is 18.7 Å². The highest BCUT2D eigenvalue weighted by molar-refractivity contribution is 5.96. The zero-order valence-electron chi connectivity index (χ0n) is 10.7. The fourth-order valence-corrected chi connectivity index (χ4v) is 1.81. The van der Waals surface area contributed by atoms with Gasteiger partial charge in [0.05, 0.1) is 5.56 Å². The molecule has 2 rings (SSSR count). The third kappa shape index (κ3) is 3.33. The lowest BCUT2D eigenvalue weighted by molar-refractivity contribution is 0.0948. The van der Waals surface area contributed by atoms with Gasteiger partial charge in [0.2, 0.25) is 0 Å². The van der Waals surface area contributed by atoms with Gasteiger partial charge in [-0.3, -0.25) is 4.79 Å². The molecule has 4 nitrogen and oxygen atoms in total. The second kappa shape index (κ2) is 6.16. The highest BCUT2D eigenvalue weighted by Crippen LogP contribution is 2.18. The maximum Gasteiger partial charge on any atom is 0.255 e. The maximum atomic E-state index is 12.8. The van der Waals surface area contributed by atoms with Crippen LogP contribution in [0.15, 0.2) is 48.5 Å². The summed E-state index contributed by atoms with van der Waals surface area (Å²) >= 11 is 0. The molecule has 0 aliphatic heterocycles. The first-order valence-electron chi connectivity index (χ1n) is 6.15. The second-order valence-corrected chi connectivity index (χ2v) is 4.39. The lowest BCUT2D eigenvalue weighted by atomic mass is 10.1. The van der Waals surface area contributed by atoms with E-state index < -0.39 is 17.5 Å². The largest absolute Gasteiger partial charge is 0.507 e. The number of nitrogens with one attached hydrogen (secondary N) is 1. The van der Waals surface area contributed by atoms with E-state index in [4.69, 9.17) is 5.73 Å². The van der Waals surface area contributed by atoms with Crippen molar-refractivity contribution in [2.45, 2.75) is 6.04 Å². The van der Waals surface area contributed by atoms with Crippen molar-refractivity contribution in [3.8, 4) is 5.75 Å². The molecule has 0 saturated heterocycles. The minimum Gasteiger partial charge on any atom is -0.507 e. The Morgan fingerprint density at radius 3 is 2.60 bits per heavy atom. The van der Waals surface area contributed by atoms with E-state index in [0.717, 1.165) is 17.7 Å². The molecule has 0 bridgehead atoms. The van der Waals surface area contributed by atoms with Crippen molar-refractivity contribution >= 4 is 5.91 Å². The number of benzene rings is 2. The number of aromatic hydroxyl groups is 1. The molecule has 2 aromatic carbocycles. The van der Waals surface area contributed by atoms with E-state index >= 15 is 0 Å². The van der Waals surface area contributed by atoms with Gasteiger partial charge in [0.25, 0.3) is 5.91 Å². The normalized spacial score (nSPS) is 11.9. The summed E-state index contributed by atoms with van der Waals surface area (Å²) in [5.74, 6) is -1.48. The standard InChI is InChI=1S/C15H15FN2O2/c16-11-6-7-12(14(19)8-11)15(20)18-9-13(17)10-4-2-1-3-5-10/h1-8,13,19H,9,17H2,(H,18,20). The number of carbonyl (C=O) groups is 1. The maximum absolute atomic E-state index is 12.8. The molecule has 104 valence electrons. The van der Waals surface area contributed by atoms with Crippen LogP contribution in [0.2, 0.25) is 0 Å². The lowest BCUT2D eigenvalue weighted by Gasteiger charge is -2.13. The minimum absolute atomic E-state index is 0.0201. The molecule has 1 unspecified atom stereocenters. The van der Waals surface area contributed by atoms with E-state index in [1.165, 1.54) is 6.07 Å². The van der Waals surface area contributed by atoms with E-state index in [1.807, 2.05) is 30.3 Å². The molecule has 2 aromatic rings. The van der Waals surface area contributed by atoms with E-state index in [2.05, 4.69) is 5.32 Å². The zero-order chi connectivity index (χ0) is 14.5. The summed E-state index contributed by atoms with van der Waals surface area (Å²) in [6.45, 7) is 0.222. The Labute approximate surface area is 116 Å². The number of carbonyl (C=O) groups excluding carboxylic acids is 1. The Bertz CT molecular complexity index is 602. The van der Waals surface area contributed by atoms with Crippen LogP contribution in [0.3, 0.4) is 0 Å². The molecular weight excluding hydrogens is 259 g/mol. The average Bonchev–Trinajstić information content (AvgIpc) is 2.45. The van der Waals surface area contributed by atoms with E-state index in [1.54, 1.807) is 0 Å². The summed E-state index contributed by atoms with van der Waals surface area (Å²) in [6, 6.07) is 12.2. The fraction of sp³-hybridized carbons (Fsp3) is 0.133. The van der Waals surface area contributed by atoms with Crippen LogP contribution in [0.5, 0.6) is 5.75 Å². The van der Waals surface area contributed by atoms with Gasteiger partial charge >= 0.3 is 0 Å². The van der Waals surface area contributed by atoms with Crippen molar-refractivity contribution in [1.29, 1.82) is 0 Å². The van der Waals surface area contributed by atoms with E-state index in [0.29, 0.717) is 0 Å². The van der Waals surface area contributed by atoms with Crippen molar-refractivity contribution in [3.05, 3.63) is 65.5 Å². The van der Waals surface area contributed by atoms with E-state index in [9.17, 15) is 14.3 Å². The molecule has 0 radical (unpaired) electrons. The van der Waals surface area contributed by atoms with Gasteiger partial charge in [0.1, 0.15) is 11.6 Å². The van der Waals surface area contributed by atoms with Gasteiger partial charge in [-0.1, -0.05) is 30.3 Å². The number of rotatable bonds is 4. The van der Waals surface area contributed by atoms with Crippen molar-refractivity contribution in [2.24, 2.45) is 5.73 Å².